The molecule has 0 aliphatic carbocycles. The number of benzene rings is 1. The van der Waals surface area contributed by atoms with Crippen LogP contribution in [-0.4, -0.2) is 24.5 Å². The van der Waals surface area contributed by atoms with E-state index in [1.54, 1.807) is 0 Å². The van der Waals surface area contributed by atoms with Gasteiger partial charge in [-0.1, -0.05) is 43.1 Å². The molecule has 2 heterocycles. The van der Waals surface area contributed by atoms with Crippen molar-refractivity contribution < 1.29 is 4.79 Å². The third-order valence-electron chi connectivity index (χ3n) is 5.47. The van der Waals surface area contributed by atoms with E-state index in [1.807, 2.05) is 18.2 Å². The molecule has 1 aromatic rings. The first-order chi connectivity index (χ1) is 11.3. The normalized spacial score (nSPS) is 26.4. The molecule has 2 unspecified atom stereocenters. The van der Waals surface area contributed by atoms with E-state index >= 15 is 0 Å². The number of carbonyl (C=O) groups excluding carboxylic acids is 1. The fourth-order valence-electron chi connectivity index (χ4n) is 4.01. The summed E-state index contributed by atoms with van der Waals surface area (Å²) in [7, 11) is 0. The Bertz CT molecular complexity index is 605. The molecule has 2 saturated heterocycles. The molecule has 5 heteroatoms. The number of piperidine rings is 1. The Hall–Kier alpha value is -0.770. The van der Waals surface area contributed by atoms with E-state index < -0.39 is 0 Å². The Balaban J connectivity index is 1.52. The summed E-state index contributed by atoms with van der Waals surface area (Å²) < 4.78 is 0. The van der Waals surface area contributed by atoms with Crippen molar-refractivity contribution in [2.75, 3.05) is 6.54 Å². The maximum Gasteiger partial charge on any atom is 0.220 e. The minimum Gasteiger partial charge on any atom is -0.355 e. The van der Waals surface area contributed by atoms with Crippen LogP contribution in [0, 0.1) is 5.92 Å². The van der Waals surface area contributed by atoms with Crippen molar-refractivity contribution in [3.05, 3.63) is 33.8 Å². The average Bonchev–Trinajstić information content (AvgIpc) is 2.87. The van der Waals surface area contributed by atoms with Gasteiger partial charge in [-0.25, -0.2) is 0 Å². The number of hydrogen-bond donors (Lipinski definition) is 2. The Morgan fingerprint density at radius 2 is 1.88 bits per heavy atom. The second-order valence-corrected chi connectivity index (χ2v) is 8.78. The summed E-state index contributed by atoms with van der Waals surface area (Å²) >= 11 is 12.1. The molecule has 0 radical (unpaired) electrons. The second kappa shape index (κ2) is 7.23. The van der Waals surface area contributed by atoms with Crippen molar-refractivity contribution in [2.24, 2.45) is 5.92 Å². The van der Waals surface area contributed by atoms with Crippen LogP contribution in [0.5, 0.6) is 0 Å². The minimum absolute atomic E-state index is 0.162. The predicted molar refractivity (Wildman–Crippen MR) is 99.8 cm³/mol. The van der Waals surface area contributed by atoms with Crippen molar-refractivity contribution in [3.8, 4) is 0 Å². The molecule has 1 aromatic carbocycles. The number of amides is 1. The lowest BCUT2D eigenvalue weighted by molar-refractivity contribution is -0.122. The van der Waals surface area contributed by atoms with Gasteiger partial charge >= 0.3 is 0 Å². The Kier molecular flexibility index (Phi) is 5.43. The highest BCUT2D eigenvalue weighted by Gasteiger charge is 2.34. The molecule has 2 aliphatic heterocycles. The first-order valence-electron chi connectivity index (χ1n) is 8.82. The van der Waals surface area contributed by atoms with Gasteiger partial charge in [-0.2, -0.15) is 0 Å². The molecule has 1 amide bonds. The average molecular weight is 369 g/mol. The van der Waals surface area contributed by atoms with Crippen LogP contribution in [0.15, 0.2) is 18.2 Å². The van der Waals surface area contributed by atoms with Gasteiger partial charge in [0, 0.05) is 30.5 Å². The summed E-state index contributed by atoms with van der Waals surface area (Å²) in [6, 6.07) is 6.95. The highest BCUT2D eigenvalue weighted by molar-refractivity contribution is 6.42. The number of fused-ring (bicyclic) bond motifs is 2. The van der Waals surface area contributed by atoms with E-state index in [-0.39, 0.29) is 11.3 Å². The van der Waals surface area contributed by atoms with Gasteiger partial charge in [0.2, 0.25) is 5.91 Å². The number of halogens is 2. The van der Waals surface area contributed by atoms with Crippen molar-refractivity contribution in [3.63, 3.8) is 0 Å². The topological polar surface area (TPSA) is 41.1 Å². The molecular formula is C19H26Cl2N2O. The molecule has 0 saturated carbocycles. The Labute approximate surface area is 154 Å². The highest BCUT2D eigenvalue weighted by Crippen LogP contribution is 2.33. The van der Waals surface area contributed by atoms with E-state index in [0.717, 1.165) is 18.4 Å². The van der Waals surface area contributed by atoms with Gasteiger partial charge in [0.1, 0.15) is 0 Å². The van der Waals surface area contributed by atoms with Gasteiger partial charge in [-0.15, -0.1) is 0 Å². The van der Waals surface area contributed by atoms with Crippen LogP contribution in [0.2, 0.25) is 10.0 Å². The van der Waals surface area contributed by atoms with Crippen LogP contribution in [0.1, 0.15) is 51.5 Å². The van der Waals surface area contributed by atoms with E-state index in [0.29, 0.717) is 41.0 Å². The van der Waals surface area contributed by atoms with Crippen LogP contribution in [0.3, 0.4) is 0 Å². The maximum atomic E-state index is 12.4. The minimum atomic E-state index is -0.183. The first kappa shape index (κ1) is 18.0. The van der Waals surface area contributed by atoms with Crippen LogP contribution in [0.4, 0.5) is 0 Å². The zero-order valence-corrected chi connectivity index (χ0v) is 15.9. The molecule has 24 heavy (non-hydrogen) atoms. The third kappa shape index (κ3) is 4.25. The molecule has 2 N–H and O–H groups in total. The summed E-state index contributed by atoms with van der Waals surface area (Å²) in [6.45, 7) is 4.82. The molecule has 2 aliphatic rings. The molecule has 132 valence electrons. The van der Waals surface area contributed by atoms with Crippen LogP contribution in [-0.2, 0) is 10.2 Å². The van der Waals surface area contributed by atoms with Gasteiger partial charge in [-0.3, -0.25) is 4.79 Å². The monoisotopic (exact) mass is 368 g/mol. The van der Waals surface area contributed by atoms with E-state index in [2.05, 4.69) is 24.5 Å². The largest absolute Gasteiger partial charge is 0.355 e. The summed E-state index contributed by atoms with van der Waals surface area (Å²) in [6.07, 6.45) is 5.46. The standard InChI is InChI=1S/C19H26Cl2N2O/c1-19(2,13-3-6-16(20)17(21)10-13)11-22-18(24)9-12-7-14-4-5-15(8-12)23-14/h3,6,10,12,14-15,23H,4-5,7-9,11H2,1-2H3,(H,22,24). The maximum absolute atomic E-state index is 12.4. The lowest BCUT2D eigenvalue weighted by Crippen LogP contribution is -2.41. The van der Waals surface area contributed by atoms with Crippen LogP contribution >= 0.6 is 23.2 Å². The molecule has 3 rings (SSSR count). The van der Waals surface area contributed by atoms with E-state index in [4.69, 9.17) is 23.2 Å². The van der Waals surface area contributed by atoms with Crippen LogP contribution < -0.4 is 10.6 Å². The van der Waals surface area contributed by atoms with Gasteiger partial charge in [-0.05, 0) is 49.3 Å². The smallest absolute Gasteiger partial charge is 0.220 e. The number of hydrogen-bond acceptors (Lipinski definition) is 2. The lowest BCUT2D eigenvalue weighted by atomic mass is 9.84. The second-order valence-electron chi connectivity index (χ2n) is 7.97. The third-order valence-corrected chi connectivity index (χ3v) is 6.21. The quantitative estimate of drug-likeness (QED) is 0.812. The molecule has 0 spiro atoms. The van der Waals surface area contributed by atoms with Gasteiger partial charge in [0.25, 0.3) is 0 Å². The van der Waals surface area contributed by atoms with Crippen LogP contribution in [0.25, 0.3) is 0 Å². The van der Waals surface area contributed by atoms with Crippen molar-refractivity contribution >= 4 is 29.1 Å². The summed E-state index contributed by atoms with van der Waals surface area (Å²) in [5, 5.41) is 7.85. The summed E-state index contributed by atoms with van der Waals surface area (Å²) in [5.74, 6) is 0.686. The molecule has 2 fully saturated rings. The van der Waals surface area contributed by atoms with Crippen molar-refractivity contribution in [1.82, 2.24) is 10.6 Å². The van der Waals surface area contributed by atoms with Crippen molar-refractivity contribution in [1.29, 1.82) is 0 Å². The fraction of sp³-hybridized carbons (Fsp3) is 0.632. The predicted octanol–water partition coefficient (Wildman–Crippen LogP) is 4.31. The molecule has 2 bridgehead atoms. The van der Waals surface area contributed by atoms with Crippen molar-refractivity contribution in [2.45, 2.75) is 63.5 Å². The van der Waals surface area contributed by atoms with E-state index in [9.17, 15) is 4.79 Å². The summed E-state index contributed by atoms with van der Waals surface area (Å²) in [5.41, 5.74) is 0.897. The number of carbonyl (C=O) groups is 1. The summed E-state index contributed by atoms with van der Waals surface area (Å²) in [4.78, 5) is 12.4. The SMILES string of the molecule is CC(C)(CNC(=O)CC1CC2CCC(C1)N2)c1ccc(Cl)c(Cl)c1. The van der Waals surface area contributed by atoms with Gasteiger partial charge in [0.15, 0.2) is 0 Å². The molecule has 2 atom stereocenters. The van der Waals surface area contributed by atoms with E-state index in [1.165, 1.54) is 12.8 Å². The Morgan fingerprint density at radius 1 is 1.21 bits per heavy atom. The number of nitrogens with one attached hydrogen (secondary N) is 2. The zero-order chi connectivity index (χ0) is 17.3. The molecular weight excluding hydrogens is 343 g/mol. The van der Waals surface area contributed by atoms with Gasteiger partial charge in [0.05, 0.1) is 10.0 Å². The first-order valence-corrected chi connectivity index (χ1v) is 9.57. The lowest BCUT2D eigenvalue weighted by Gasteiger charge is -2.30. The van der Waals surface area contributed by atoms with Gasteiger partial charge < -0.3 is 10.6 Å². The highest BCUT2D eigenvalue weighted by atomic mass is 35.5. The molecule has 3 nitrogen and oxygen atoms in total. The fourth-order valence-corrected chi connectivity index (χ4v) is 4.31. The number of rotatable bonds is 5. The Morgan fingerprint density at radius 3 is 2.50 bits per heavy atom. The molecule has 0 aromatic heterocycles. The zero-order valence-electron chi connectivity index (χ0n) is 14.4.